The number of carbonyl (C=O) groups is 5. The second-order valence-corrected chi connectivity index (χ2v) is 14.1. The lowest BCUT2D eigenvalue weighted by molar-refractivity contribution is -0.172. The maximum Gasteiger partial charge on any atom is 0.405 e. The first-order chi connectivity index (χ1) is 25.1. The monoisotopic (exact) mass is 735 g/mol. The number of nitrogens with zero attached hydrogens (tertiary/aromatic N) is 2. The number of amides is 5. The van der Waals surface area contributed by atoms with Crippen LogP contribution >= 0.6 is 0 Å². The summed E-state index contributed by atoms with van der Waals surface area (Å²) in [7, 11) is 0. The van der Waals surface area contributed by atoms with E-state index < -0.39 is 70.9 Å². The van der Waals surface area contributed by atoms with Gasteiger partial charge in [-0.05, 0) is 67.7 Å². The molecule has 4 heterocycles. The highest BCUT2D eigenvalue weighted by molar-refractivity contribution is 5.95. The van der Waals surface area contributed by atoms with Crippen LogP contribution in [0.3, 0.4) is 0 Å². The van der Waals surface area contributed by atoms with Crippen LogP contribution in [-0.4, -0.2) is 68.3 Å². The molecule has 0 radical (unpaired) electrons. The third kappa shape index (κ3) is 6.53. The summed E-state index contributed by atoms with van der Waals surface area (Å²) in [5.74, 6) is -3.10. The second-order valence-electron chi connectivity index (χ2n) is 14.1. The number of aliphatic hydroxyl groups is 1. The number of benzene rings is 1. The minimum absolute atomic E-state index is 0.0334. The topological polar surface area (TPSA) is 244 Å². The number of halogens is 1. The summed E-state index contributed by atoms with van der Waals surface area (Å²) >= 11 is 0. The average Bonchev–Trinajstić information content (AvgIpc) is 3.47. The molecule has 0 bridgehead atoms. The highest BCUT2D eigenvalue weighted by Crippen LogP contribution is 2.46. The fourth-order valence-electron chi connectivity index (χ4n) is 7.69. The van der Waals surface area contributed by atoms with Gasteiger partial charge in [0.25, 0.3) is 5.56 Å². The molecule has 2 aliphatic heterocycles. The molecule has 0 saturated heterocycles. The molecule has 1 aromatic carbocycles. The molecule has 0 saturated carbocycles. The number of aromatic nitrogens is 2. The SMILES string of the molecule is CC[C@@]1(O)C(=O)OCc2c1cc1n(c2=O)Cc2c-1nc1cc(F)c(C)c3c1c2[C@@H](NC(=O)[C@@H](CCCNC(N)=O)NC(=O)[C@@H](NC(=O)O)C(C)C)CC3. The number of hydrogen-bond acceptors (Lipinski definition) is 9. The van der Waals surface area contributed by atoms with E-state index in [1.165, 1.54) is 10.6 Å². The Morgan fingerprint density at radius 3 is 2.53 bits per heavy atom. The summed E-state index contributed by atoms with van der Waals surface area (Å²) in [4.78, 5) is 81.7. The Morgan fingerprint density at radius 2 is 1.87 bits per heavy atom. The number of hydrogen-bond donors (Lipinski definition) is 7. The largest absolute Gasteiger partial charge is 0.465 e. The van der Waals surface area contributed by atoms with Crippen molar-refractivity contribution in [1.82, 2.24) is 30.8 Å². The minimum atomic E-state index is -2.05. The molecule has 6 rings (SSSR count). The fraction of sp³-hybridized carbons (Fsp3) is 0.472. The van der Waals surface area contributed by atoms with Crippen molar-refractivity contribution >= 4 is 40.8 Å². The predicted octanol–water partition coefficient (Wildman–Crippen LogP) is 1.86. The summed E-state index contributed by atoms with van der Waals surface area (Å²) in [5.41, 5.74) is 6.22. The zero-order valence-electron chi connectivity index (χ0n) is 29.7. The number of nitrogens with two attached hydrogens (primary N) is 1. The molecule has 3 aromatic rings. The number of rotatable bonds is 11. The van der Waals surface area contributed by atoms with E-state index in [1.54, 1.807) is 33.8 Å². The Bertz CT molecular complexity index is 2130. The smallest absolute Gasteiger partial charge is 0.405 e. The van der Waals surface area contributed by atoms with E-state index in [1.807, 2.05) is 0 Å². The normalized spacial score (nSPS) is 19.4. The molecule has 5 amide bonds. The van der Waals surface area contributed by atoms with Crippen LogP contribution in [0.25, 0.3) is 22.3 Å². The highest BCUT2D eigenvalue weighted by atomic mass is 19.1. The maximum absolute atomic E-state index is 15.3. The van der Waals surface area contributed by atoms with Crippen LogP contribution < -0.4 is 32.6 Å². The van der Waals surface area contributed by atoms with Crippen molar-refractivity contribution in [2.75, 3.05) is 6.54 Å². The summed E-state index contributed by atoms with van der Waals surface area (Å²) in [6.45, 7) is 6.39. The molecule has 8 N–H and O–H groups in total. The number of cyclic esters (lactones) is 1. The zero-order valence-corrected chi connectivity index (χ0v) is 29.7. The van der Waals surface area contributed by atoms with Gasteiger partial charge in [0.05, 0.1) is 35.1 Å². The van der Waals surface area contributed by atoms with Gasteiger partial charge in [-0.1, -0.05) is 20.8 Å². The number of carbonyl (C=O) groups excluding carboxylic acids is 4. The van der Waals surface area contributed by atoms with Gasteiger partial charge in [0.2, 0.25) is 11.8 Å². The molecule has 16 nitrogen and oxygen atoms in total. The van der Waals surface area contributed by atoms with E-state index in [9.17, 15) is 39.0 Å². The Balaban J connectivity index is 1.42. The van der Waals surface area contributed by atoms with Crippen LogP contribution in [0, 0.1) is 18.7 Å². The van der Waals surface area contributed by atoms with E-state index in [-0.39, 0.29) is 50.1 Å². The molecule has 0 unspecified atom stereocenters. The molecule has 1 aliphatic carbocycles. The van der Waals surface area contributed by atoms with Gasteiger partial charge in [-0.3, -0.25) is 14.4 Å². The average molecular weight is 736 g/mol. The second kappa shape index (κ2) is 14.1. The van der Waals surface area contributed by atoms with Crippen molar-refractivity contribution in [2.24, 2.45) is 11.7 Å². The first-order valence-electron chi connectivity index (χ1n) is 17.5. The van der Waals surface area contributed by atoms with E-state index in [2.05, 4.69) is 21.3 Å². The van der Waals surface area contributed by atoms with Crippen molar-refractivity contribution in [1.29, 1.82) is 0 Å². The molecular weight excluding hydrogens is 693 g/mol. The van der Waals surface area contributed by atoms with E-state index in [0.717, 1.165) is 0 Å². The lowest BCUT2D eigenvalue weighted by atomic mass is 9.81. The first kappa shape index (κ1) is 37.2. The van der Waals surface area contributed by atoms with E-state index >= 15 is 4.39 Å². The van der Waals surface area contributed by atoms with Gasteiger partial charge in [-0.2, -0.15) is 0 Å². The van der Waals surface area contributed by atoms with Crippen LogP contribution in [-0.2, 0) is 44.3 Å². The number of ether oxygens (including phenoxy) is 1. The van der Waals surface area contributed by atoms with Gasteiger partial charge >= 0.3 is 18.1 Å². The van der Waals surface area contributed by atoms with Crippen LogP contribution in [0.5, 0.6) is 0 Å². The third-order valence-corrected chi connectivity index (χ3v) is 10.5. The Labute approximate surface area is 302 Å². The van der Waals surface area contributed by atoms with Crippen molar-refractivity contribution in [3.05, 3.63) is 61.7 Å². The number of pyridine rings is 2. The van der Waals surface area contributed by atoms with Gasteiger partial charge in [0, 0.05) is 29.1 Å². The number of nitrogens with one attached hydrogen (secondary N) is 4. The first-order valence-corrected chi connectivity index (χ1v) is 17.5. The highest BCUT2D eigenvalue weighted by Gasteiger charge is 2.46. The van der Waals surface area contributed by atoms with Gasteiger partial charge in [0.1, 0.15) is 24.5 Å². The Kier molecular flexibility index (Phi) is 9.89. The molecular formula is C36H42FN7O9. The number of urea groups is 1. The molecule has 0 spiro atoms. The van der Waals surface area contributed by atoms with Crippen LogP contribution in [0.15, 0.2) is 16.9 Å². The molecule has 0 fully saturated rings. The van der Waals surface area contributed by atoms with Crippen molar-refractivity contribution in [2.45, 2.75) is 96.7 Å². The van der Waals surface area contributed by atoms with E-state index in [0.29, 0.717) is 57.4 Å². The van der Waals surface area contributed by atoms with Crippen molar-refractivity contribution < 1.29 is 43.3 Å². The molecule has 282 valence electrons. The van der Waals surface area contributed by atoms with Gasteiger partial charge < -0.3 is 46.5 Å². The Morgan fingerprint density at radius 1 is 1.13 bits per heavy atom. The van der Waals surface area contributed by atoms with Crippen molar-refractivity contribution in [3.8, 4) is 11.4 Å². The number of primary amides is 1. The lowest BCUT2D eigenvalue weighted by Crippen LogP contribution is -2.55. The van der Waals surface area contributed by atoms with Gasteiger partial charge in [-0.15, -0.1) is 0 Å². The van der Waals surface area contributed by atoms with Crippen LogP contribution in [0.2, 0.25) is 0 Å². The van der Waals surface area contributed by atoms with Crippen molar-refractivity contribution in [3.63, 3.8) is 0 Å². The molecule has 53 heavy (non-hydrogen) atoms. The summed E-state index contributed by atoms with van der Waals surface area (Å²) < 4.78 is 22.0. The number of aryl methyl sites for hydroxylation is 1. The standard InChI is InChI=1S/C36H42FN7O9/c1-5-36(52)20-11-25-29-18(13-44(25)32(47)19(20)14-53-33(36)48)27-22(9-8-17-16(4)21(37)12-24(40-29)26(17)27)41-30(45)23(7-6-10-39-34(38)49)42-31(46)28(15(2)3)43-35(50)51/h11-12,15,22-23,28,43,52H,5-10,13-14H2,1-4H3,(H,41,45)(H,42,46)(H,50,51)(H3,38,39,49)/t22-,23+,28-,36-/m0/s1. The Hall–Kier alpha value is -5.58. The van der Waals surface area contributed by atoms with E-state index in [4.69, 9.17) is 15.5 Å². The third-order valence-electron chi connectivity index (χ3n) is 10.5. The molecule has 17 heteroatoms. The fourth-order valence-corrected chi connectivity index (χ4v) is 7.69. The summed E-state index contributed by atoms with van der Waals surface area (Å²) in [5, 5.41) is 31.6. The van der Waals surface area contributed by atoms with Crippen LogP contribution in [0.4, 0.5) is 14.0 Å². The quantitative estimate of drug-likeness (QED) is 0.0871. The molecule has 3 aliphatic rings. The van der Waals surface area contributed by atoms with Gasteiger partial charge in [-0.25, -0.2) is 23.8 Å². The maximum atomic E-state index is 15.3. The number of carboxylic acid groups (broad SMARTS) is 1. The number of esters is 1. The lowest BCUT2D eigenvalue weighted by Gasteiger charge is -2.31. The molecule has 4 atom stereocenters. The zero-order chi connectivity index (χ0) is 38.5. The van der Waals surface area contributed by atoms with Gasteiger partial charge in [0.15, 0.2) is 5.60 Å². The summed E-state index contributed by atoms with van der Waals surface area (Å²) in [6.07, 6.45) is -0.463. The predicted molar refractivity (Wildman–Crippen MR) is 187 cm³/mol. The summed E-state index contributed by atoms with van der Waals surface area (Å²) in [6, 6.07) is -0.922. The molecule has 2 aromatic heterocycles. The number of fused-ring (bicyclic) bond motifs is 5. The van der Waals surface area contributed by atoms with Crippen LogP contribution in [0.1, 0.15) is 85.9 Å². The minimum Gasteiger partial charge on any atom is -0.465 e.